The van der Waals surface area contributed by atoms with Crippen molar-refractivity contribution < 1.29 is 13.9 Å². The standard InChI is InChI=1S/C25H27NO4/c1-17-24(19-10-6-3-7-11-19)25(28)21-13-12-20(14-22(21)30-17)29-16-23(27)26-15-18-8-4-2-5-9-18/h3,6-7,10-14,18H,2,4-5,8-9,15-16H2,1H3,(H,26,27). The van der Waals surface area contributed by atoms with Crippen molar-refractivity contribution in [2.24, 2.45) is 5.92 Å². The van der Waals surface area contributed by atoms with E-state index in [1.807, 2.05) is 30.3 Å². The maximum atomic E-state index is 13.0. The second kappa shape index (κ2) is 9.16. The quantitative estimate of drug-likeness (QED) is 0.637. The minimum atomic E-state index is -0.127. The smallest absolute Gasteiger partial charge is 0.257 e. The molecule has 1 aliphatic carbocycles. The van der Waals surface area contributed by atoms with Gasteiger partial charge in [0.1, 0.15) is 17.1 Å². The lowest BCUT2D eigenvalue weighted by molar-refractivity contribution is -0.123. The molecule has 1 saturated carbocycles. The fourth-order valence-electron chi connectivity index (χ4n) is 4.16. The number of benzene rings is 2. The Bertz CT molecular complexity index is 1080. The molecule has 0 bridgehead atoms. The summed E-state index contributed by atoms with van der Waals surface area (Å²) in [4.78, 5) is 25.1. The lowest BCUT2D eigenvalue weighted by Gasteiger charge is -2.21. The van der Waals surface area contributed by atoms with Gasteiger partial charge in [-0.1, -0.05) is 49.6 Å². The molecule has 0 spiro atoms. The molecule has 0 aliphatic heterocycles. The molecule has 2 aromatic carbocycles. The van der Waals surface area contributed by atoms with Crippen molar-refractivity contribution >= 4 is 16.9 Å². The molecule has 5 heteroatoms. The van der Waals surface area contributed by atoms with Crippen LogP contribution in [-0.2, 0) is 4.79 Å². The first-order valence-corrected chi connectivity index (χ1v) is 10.6. The van der Waals surface area contributed by atoms with Crippen LogP contribution in [-0.4, -0.2) is 19.1 Å². The molecule has 30 heavy (non-hydrogen) atoms. The summed E-state index contributed by atoms with van der Waals surface area (Å²) in [5, 5.41) is 3.46. The number of hydrogen-bond donors (Lipinski definition) is 1. The van der Waals surface area contributed by atoms with Gasteiger partial charge in [0.2, 0.25) is 5.43 Å². The molecule has 1 heterocycles. The van der Waals surface area contributed by atoms with Crippen LogP contribution in [0.3, 0.4) is 0 Å². The minimum absolute atomic E-state index is 0.0520. The first kappa shape index (κ1) is 20.2. The van der Waals surface area contributed by atoms with Crippen molar-refractivity contribution in [3.63, 3.8) is 0 Å². The van der Waals surface area contributed by atoms with Gasteiger partial charge in [0.25, 0.3) is 5.91 Å². The maximum Gasteiger partial charge on any atom is 0.257 e. The number of amides is 1. The number of fused-ring (bicyclic) bond motifs is 1. The number of ether oxygens (including phenoxy) is 1. The highest BCUT2D eigenvalue weighted by Gasteiger charge is 2.16. The fraction of sp³-hybridized carbons (Fsp3) is 0.360. The molecule has 3 aromatic rings. The summed E-state index contributed by atoms with van der Waals surface area (Å²) in [5.74, 6) is 1.52. The molecule has 156 valence electrons. The van der Waals surface area contributed by atoms with E-state index in [4.69, 9.17) is 9.15 Å². The van der Waals surface area contributed by atoms with E-state index in [0.29, 0.717) is 34.0 Å². The van der Waals surface area contributed by atoms with E-state index in [-0.39, 0.29) is 17.9 Å². The molecule has 0 unspecified atom stereocenters. The van der Waals surface area contributed by atoms with Gasteiger partial charge >= 0.3 is 0 Å². The van der Waals surface area contributed by atoms with Crippen LogP contribution in [0.15, 0.2) is 57.7 Å². The van der Waals surface area contributed by atoms with Gasteiger partial charge in [0.15, 0.2) is 6.61 Å². The average Bonchev–Trinajstić information content (AvgIpc) is 2.77. The third-order valence-electron chi connectivity index (χ3n) is 5.78. The zero-order valence-corrected chi connectivity index (χ0v) is 17.3. The highest BCUT2D eigenvalue weighted by molar-refractivity contribution is 5.84. The lowest BCUT2D eigenvalue weighted by atomic mass is 9.89. The highest BCUT2D eigenvalue weighted by atomic mass is 16.5. The Morgan fingerprint density at radius 2 is 1.87 bits per heavy atom. The minimum Gasteiger partial charge on any atom is -0.484 e. The third-order valence-corrected chi connectivity index (χ3v) is 5.78. The largest absolute Gasteiger partial charge is 0.484 e. The molecule has 0 radical (unpaired) electrons. The summed E-state index contributed by atoms with van der Waals surface area (Å²) >= 11 is 0. The van der Waals surface area contributed by atoms with Gasteiger partial charge in [-0.15, -0.1) is 0 Å². The summed E-state index contributed by atoms with van der Waals surface area (Å²) in [5.41, 5.74) is 1.79. The van der Waals surface area contributed by atoms with Gasteiger partial charge in [-0.05, 0) is 43.4 Å². The van der Waals surface area contributed by atoms with E-state index in [9.17, 15) is 9.59 Å². The topological polar surface area (TPSA) is 68.5 Å². The first-order valence-electron chi connectivity index (χ1n) is 10.6. The zero-order valence-electron chi connectivity index (χ0n) is 17.3. The molecule has 1 aliphatic rings. The Balaban J connectivity index is 1.44. The van der Waals surface area contributed by atoms with Crippen molar-refractivity contribution in [1.29, 1.82) is 0 Å². The average molecular weight is 405 g/mol. The summed E-state index contributed by atoms with van der Waals surface area (Å²) < 4.78 is 11.6. The van der Waals surface area contributed by atoms with Crippen LogP contribution in [0, 0.1) is 12.8 Å². The van der Waals surface area contributed by atoms with Gasteiger partial charge in [-0.25, -0.2) is 0 Å². The van der Waals surface area contributed by atoms with Crippen LogP contribution in [0.5, 0.6) is 5.75 Å². The van der Waals surface area contributed by atoms with E-state index < -0.39 is 0 Å². The second-order valence-corrected chi connectivity index (χ2v) is 7.98. The third kappa shape index (κ3) is 4.56. The number of hydrogen-bond acceptors (Lipinski definition) is 4. The van der Waals surface area contributed by atoms with Crippen LogP contribution in [0.25, 0.3) is 22.1 Å². The maximum absolute atomic E-state index is 13.0. The van der Waals surface area contributed by atoms with Gasteiger partial charge in [-0.3, -0.25) is 9.59 Å². The number of aryl methyl sites for hydroxylation is 1. The monoisotopic (exact) mass is 405 g/mol. The Morgan fingerprint density at radius 1 is 1.10 bits per heavy atom. The van der Waals surface area contributed by atoms with Crippen LogP contribution >= 0.6 is 0 Å². The summed E-state index contributed by atoms with van der Waals surface area (Å²) in [6.07, 6.45) is 6.19. The van der Waals surface area contributed by atoms with Crippen LogP contribution in [0.2, 0.25) is 0 Å². The Kier molecular flexibility index (Phi) is 6.17. The van der Waals surface area contributed by atoms with Crippen molar-refractivity contribution in [1.82, 2.24) is 5.32 Å². The molecule has 1 fully saturated rings. The predicted molar refractivity (Wildman–Crippen MR) is 118 cm³/mol. The van der Waals surface area contributed by atoms with E-state index in [1.54, 1.807) is 25.1 Å². The van der Waals surface area contributed by atoms with Crippen LogP contribution < -0.4 is 15.5 Å². The van der Waals surface area contributed by atoms with E-state index in [0.717, 1.165) is 12.1 Å². The fourth-order valence-corrected chi connectivity index (χ4v) is 4.16. The number of rotatable bonds is 6. The van der Waals surface area contributed by atoms with Crippen molar-refractivity contribution in [2.75, 3.05) is 13.2 Å². The van der Waals surface area contributed by atoms with Crippen molar-refractivity contribution in [3.8, 4) is 16.9 Å². The van der Waals surface area contributed by atoms with Crippen molar-refractivity contribution in [3.05, 3.63) is 64.5 Å². The Morgan fingerprint density at radius 3 is 2.63 bits per heavy atom. The normalized spacial score (nSPS) is 14.6. The molecule has 0 atom stereocenters. The SMILES string of the molecule is Cc1oc2cc(OCC(=O)NCC3CCCCC3)ccc2c(=O)c1-c1ccccc1. The van der Waals surface area contributed by atoms with E-state index in [2.05, 4.69) is 5.32 Å². The molecule has 1 aromatic heterocycles. The second-order valence-electron chi connectivity index (χ2n) is 7.98. The number of nitrogens with one attached hydrogen (secondary N) is 1. The van der Waals surface area contributed by atoms with Crippen LogP contribution in [0.1, 0.15) is 37.9 Å². The summed E-state index contributed by atoms with van der Waals surface area (Å²) in [6, 6.07) is 14.6. The molecule has 0 saturated heterocycles. The molecular weight excluding hydrogens is 378 g/mol. The molecule has 1 amide bonds. The Labute approximate surface area is 176 Å². The van der Waals surface area contributed by atoms with Gasteiger partial charge in [-0.2, -0.15) is 0 Å². The highest BCUT2D eigenvalue weighted by Crippen LogP contribution is 2.26. The molecule has 5 nitrogen and oxygen atoms in total. The zero-order chi connectivity index (χ0) is 20.9. The summed E-state index contributed by atoms with van der Waals surface area (Å²) in [6.45, 7) is 2.45. The van der Waals surface area contributed by atoms with Gasteiger partial charge < -0.3 is 14.5 Å². The van der Waals surface area contributed by atoms with E-state index >= 15 is 0 Å². The first-order chi connectivity index (χ1) is 14.6. The van der Waals surface area contributed by atoms with Crippen molar-refractivity contribution in [2.45, 2.75) is 39.0 Å². The number of carbonyl (C=O) groups excluding carboxylic acids is 1. The van der Waals surface area contributed by atoms with Gasteiger partial charge in [0, 0.05) is 12.6 Å². The number of carbonyl (C=O) groups is 1. The van der Waals surface area contributed by atoms with Gasteiger partial charge in [0.05, 0.1) is 10.9 Å². The Hall–Kier alpha value is -3.08. The van der Waals surface area contributed by atoms with Crippen LogP contribution in [0.4, 0.5) is 0 Å². The molecular formula is C25H27NO4. The lowest BCUT2D eigenvalue weighted by Crippen LogP contribution is -2.33. The molecule has 4 rings (SSSR count). The molecule has 1 N–H and O–H groups in total. The van der Waals surface area contributed by atoms with E-state index in [1.165, 1.54) is 32.1 Å². The predicted octanol–water partition coefficient (Wildman–Crippen LogP) is 4.84. The summed E-state index contributed by atoms with van der Waals surface area (Å²) in [7, 11) is 0.